The Bertz CT molecular complexity index is 1080. The van der Waals surface area contributed by atoms with Crippen molar-refractivity contribution in [3.63, 3.8) is 0 Å². The van der Waals surface area contributed by atoms with Crippen LogP contribution >= 0.6 is 0 Å². The fraction of sp³-hybridized carbons (Fsp3) is 0.417. The van der Waals surface area contributed by atoms with E-state index in [0.29, 0.717) is 26.2 Å². The molecule has 8 nitrogen and oxygen atoms in total. The summed E-state index contributed by atoms with van der Waals surface area (Å²) in [6.45, 7) is 2.40. The van der Waals surface area contributed by atoms with E-state index in [2.05, 4.69) is 10.9 Å². The molecule has 0 unspecified atom stereocenters. The van der Waals surface area contributed by atoms with Gasteiger partial charge < -0.3 is 4.90 Å². The third kappa shape index (κ3) is 5.43. The summed E-state index contributed by atoms with van der Waals surface area (Å²) in [7, 11) is -3.62. The first-order valence-corrected chi connectivity index (χ1v) is 12.9. The van der Waals surface area contributed by atoms with Gasteiger partial charge in [0.1, 0.15) is 6.04 Å². The van der Waals surface area contributed by atoms with Crippen molar-refractivity contribution in [2.24, 2.45) is 0 Å². The molecule has 0 aliphatic carbocycles. The molecule has 1 atom stereocenters. The summed E-state index contributed by atoms with van der Waals surface area (Å²) >= 11 is 0. The number of nitrogens with zero attached hydrogens (tertiary/aromatic N) is 2. The molecular formula is C24H30N4O4S. The number of carbonyl (C=O) groups is 2. The summed E-state index contributed by atoms with van der Waals surface area (Å²) < 4.78 is 27.2. The van der Waals surface area contributed by atoms with Crippen LogP contribution in [0.5, 0.6) is 0 Å². The van der Waals surface area contributed by atoms with E-state index < -0.39 is 22.0 Å². The Morgan fingerprint density at radius 3 is 2.18 bits per heavy atom. The van der Waals surface area contributed by atoms with Crippen molar-refractivity contribution in [2.75, 3.05) is 26.2 Å². The minimum Gasteiger partial charge on any atom is -0.341 e. The Labute approximate surface area is 195 Å². The molecule has 33 heavy (non-hydrogen) atoms. The molecule has 0 bridgehead atoms. The summed E-state index contributed by atoms with van der Waals surface area (Å²) in [6, 6.07) is 14.5. The molecule has 2 amide bonds. The second-order valence-corrected chi connectivity index (χ2v) is 10.4. The summed E-state index contributed by atoms with van der Waals surface area (Å²) in [6.07, 6.45) is 4.74. The molecule has 0 saturated carbocycles. The Morgan fingerprint density at radius 2 is 1.48 bits per heavy atom. The Hall–Kier alpha value is -2.75. The molecule has 9 heteroatoms. The standard InChI is InChI=1S/C24H30N4O4S/c29-23(20-12-9-13-21(18-20)33(31,32)28-16-7-8-17-28)26-25-22(19-10-3-1-4-11-19)24(30)27-14-5-2-6-15-27/h1,3-4,9-13,18,22,25H,2,5-8,14-17H2,(H,26,29)/t22-/m1/s1. The van der Waals surface area contributed by atoms with Gasteiger partial charge in [0.05, 0.1) is 4.90 Å². The van der Waals surface area contributed by atoms with Crippen LogP contribution in [0.2, 0.25) is 0 Å². The van der Waals surface area contributed by atoms with Gasteiger partial charge in [0, 0.05) is 31.7 Å². The third-order valence-corrected chi connectivity index (χ3v) is 8.07. The van der Waals surface area contributed by atoms with Crippen molar-refractivity contribution in [3.05, 3.63) is 65.7 Å². The second kappa shape index (κ2) is 10.5. The van der Waals surface area contributed by atoms with Gasteiger partial charge in [-0.05, 0) is 55.9 Å². The predicted molar refractivity (Wildman–Crippen MR) is 125 cm³/mol. The third-order valence-electron chi connectivity index (χ3n) is 6.18. The molecule has 2 aromatic carbocycles. The SMILES string of the molecule is O=C(NN[C@@H](C(=O)N1CCCCC1)c1ccccc1)c1cccc(S(=O)(=O)N2CCCC2)c1. The van der Waals surface area contributed by atoms with Gasteiger partial charge in [-0.15, -0.1) is 0 Å². The molecule has 4 rings (SSSR count). The lowest BCUT2D eigenvalue weighted by Crippen LogP contribution is -2.48. The minimum absolute atomic E-state index is 0.0911. The maximum Gasteiger partial charge on any atom is 0.265 e. The number of rotatable bonds is 7. The fourth-order valence-corrected chi connectivity index (χ4v) is 5.88. The monoisotopic (exact) mass is 470 g/mol. The van der Waals surface area contributed by atoms with Crippen LogP contribution in [0.4, 0.5) is 0 Å². The average molecular weight is 471 g/mol. The van der Waals surface area contributed by atoms with Gasteiger partial charge in [0.15, 0.2) is 0 Å². The quantitative estimate of drug-likeness (QED) is 0.606. The van der Waals surface area contributed by atoms with Crippen LogP contribution in [0.25, 0.3) is 0 Å². The molecule has 2 N–H and O–H groups in total. The maximum absolute atomic E-state index is 13.2. The van der Waals surface area contributed by atoms with Crippen LogP contribution in [0.1, 0.15) is 54.1 Å². The summed E-state index contributed by atoms with van der Waals surface area (Å²) in [5.41, 5.74) is 6.47. The molecule has 2 saturated heterocycles. The Morgan fingerprint density at radius 1 is 0.818 bits per heavy atom. The lowest BCUT2D eigenvalue weighted by atomic mass is 10.0. The first kappa shape index (κ1) is 23.4. The van der Waals surface area contributed by atoms with E-state index in [1.807, 2.05) is 35.2 Å². The first-order valence-electron chi connectivity index (χ1n) is 11.5. The van der Waals surface area contributed by atoms with Crippen molar-refractivity contribution in [3.8, 4) is 0 Å². The van der Waals surface area contributed by atoms with Crippen molar-refractivity contribution in [1.82, 2.24) is 20.1 Å². The van der Waals surface area contributed by atoms with Crippen molar-refractivity contribution in [2.45, 2.75) is 43.0 Å². The highest BCUT2D eigenvalue weighted by molar-refractivity contribution is 7.89. The summed E-state index contributed by atoms with van der Waals surface area (Å²) in [5, 5.41) is 0. The molecule has 176 valence electrons. The molecule has 0 spiro atoms. The molecule has 2 heterocycles. The molecular weight excluding hydrogens is 440 g/mol. The molecule has 0 radical (unpaired) electrons. The van der Waals surface area contributed by atoms with Crippen molar-refractivity contribution < 1.29 is 18.0 Å². The number of hydrogen-bond acceptors (Lipinski definition) is 5. The van der Waals surface area contributed by atoms with E-state index in [1.165, 1.54) is 16.4 Å². The minimum atomic E-state index is -3.62. The Balaban J connectivity index is 1.49. The van der Waals surface area contributed by atoms with Gasteiger partial charge >= 0.3 is 0 Å². The number of carbonyl (C=O) groups excluding carboxylic acids is 2. The van der Waals surface area contributed by atoms with Crippen LogP contribution in [-0.2, 0) is 14.8 Å². The van der Waals surface area contributed by atoms with Gasteiger partial charge in [-0.3, -0.25) is 15.0 Å². The van der Waals surface area contributed by atoms with Gasteiger partial charge in [-0.1, -0.05) is 36.4 Å². The van der Waals surface area contributed by atoms with Crippen molar-refractivity contribution >= 4 is 21.8 Å². The zero-order valence-corrected chi connectivity index (χ0v) is 19.4. The number of likely N-dealkylation sites (tertiary alicyclic amines) is 1. The van der Waals surface area contributed by atoms with Crippen LogP contribution in [0.3, 0.4) is 0 Å². The number of amides is 2. The highest BCUT2D eigenvalue weighted by atomic mass is 32.2. The fourth-order valence-electron chi connectivity index (χ4n) is 4.32. The van der Waals surface area contributed by atoms with Crippen LogP contribution in [-0.4, -0.2) is 55.6 Å². The summed E-state index contributed by atoms with van der Waals surface area (Å²) in [4.78, 5) is 28.0. The van der Waals surface area contributed by atoms with E-state index in [-0.39, 0.29) is 16.4 Å². The molecule has 2 aliphatic rings. The smallest absolute Gasteiger partial charge is 0.265 e. The predicted octanol–water partition coefficient (Wildman–Crippen LogP) is 2.46. The van der Waals surface area contributed by atoms with Gasteiger partial charge in [0.25, 0.3) is 5.91 Å². The number of nitrogens with one attached hydrogen (secondary N) is 2. The van der Waals surface area contributed by atoms with Crippen LogP contribution < -0.4 is 10.9 Å². The highest BCUT2D eigenvalue weighted by Crippen LogP contribution is 2.22. The van der Waals surface area contributed by atoms with E-state index in [9.17, 15) is 18.0 Å². The number of sulfonamides is 1. The van der Waals surface area contributed by atoms with Gasteiger partial charge in [0.2, 0.25) is 15.9 Å². The number of hydrazine groups is 1. The normalized spacial score (nSPS) is 18.1. The van der Waals surface area contributed by atoms with E-state index in [1.54, 1.807) is 12.1 Å². The van der Waals surface area contributed by atoms with E-state index >= 15 is 0 Å². The largest absolute Gasteiger partial charge is 0.341 e. The first-order chi connectivity index (χ1) is 16.0. The number of benzene rings is 2. The molecule has 0 aromatic heterocycles. The summed E-state index contributed by atoms with van der Waals surface area (Å²) in [5.74, 6) is -0.590. The molecule has 2 fully saturated rings. The number of piperidine rings is 1. The van der Waals surface area contributed by atoms with Gasteiger partial charge in [-0.25, -0.2) is 13.8 Å². The zero-order chi connectivity index (χ0) is 23.3. The topological polar surface area (TPSA) is 98.8 Å². The average Bonchev–Trinajstić information content (AvgIpc) is 3.41. The van der Waals surface area contributed by atoms with Crippen LogP contribution in [0, 0.1) is 0 Å². The molecule has 2 aromatic rings. The molecule has 2 aliphatic heterocycles. The second-order valence-electron chi connectivity index (χ2n) is 8.47. The van der Waals surface area contributed by atoms with Crippen molar-refractivity contribution in [1.29, 1.82) is 0 Å². The van der Waals surface area contributed by atoms with Gasteiger partial charge in [-0.2, -0.15) is 4.31 Å². The lowest BCUT2D eigenvalue weighted by Gasteiger charge is -2.31. The highest BCUT2D eigenvalue weighted by Gasteiger charge is 2.29. The Kier molecular flexibility index (Phi) is 7.42. The maximum atomic E-state index is 13.2. The van der Waals surface area contributed by atoms with E-state index in [0.717, 1.165) is 37.7 Å². The van der Waals surface area contributed by atoms with E-state index in [4.69, 9.17) is 0 Å². The number of hydrogen-bond donors (Lipinski definition) is 2. The zero-order valence-electron chi connectivity index (χ0n) is 18.6. The van der Waals surface area contributed by atoms with Crippen LogP contribution in [0.15, 0.2) is 59.5 Å². The lowest BCUT2D eigenvalue weighted by molar-refractivity contribution is -0.134.